The molecule has 1 amide bonds. The van der Waals surface area contributed by atoms with Gasteiger partial charge in [-0.1, -0.05) is 13.8 Å². The second-order valence-corrected chi connectivity index (χ2v) is 5.28. The molecule has 0 bridgehead atoms. The van der Waals surface area contributed by atoms with E-state index < -0.39 is 11.4 Å². The zero-order valence-electron chi connectivity index (χ0n) is 11.8. The molecule has 6 heteroatoms. The molecule has 0 fully saturated rings. The molecule has 0 spiro atoms. The number of nitrogens with zero attached hydrogens (tertiary/aromatic N) is 2. The van der Waals surface area contributed by atoms with Crippen molar-refractivity contribution in [3.63, 3.8) is 0 Å². The molecule has 0 radical (unpaired) electrons. The molecule has 0 aliphatic heterocycles. The van der Waals surface area contributed by atoms with Gasteiger partial charge in [-0.15, -0.1) is 0 Å². The quantitative estimate of drug-likeness (QED) is 0.810. The van der Waals surface area contributed by atoms with Crippen LogP contribution in [-0.2, 0) is 23.2 Å². The second kappa shape index (κ2) is 5.86. The Balaban J connectivity index is 2.60. The molecule has 1 rings (SSSR count). The van der Waals surface area contributed by atoms with E-state index in [0.29, 0.717) is 6.54 Å². The van der Waals surface area contributed by atoms with Crippen LogP contribution in [0.25, 0.3) is 0 Å². The number of nitrogens with one attached hydrogen (secondary N) is 1. The standard InChI is InChI=1S/C13H21N3O3/c1-9(2)13(3,12(18)19)7-11(17)14-8-10-5-6-15-16(10)4/h5-6,9H,7-8H2,1-4H3,(H,14,17)(H,18,19). The summed E-state index contributed by atoms with van der Waals surface area (Å²) in [7, 11) is 1.79. The van der Waals surface area contributed by atoms with Crippen LogP contribution >= 0.6 is 0 Å². The number of carboxylic acids is 1. The van der Waals surface area contributed by atoms with E-state index in [-0.39, 0.29) is 18.2 Å². The van der Waals surface area contributed by atoms with Gasteiger partial charge < -0.3 is 10.4 Å². The maximum absolute atomic E-state index is 11.9. The fraction of sp³-hybridized carbons (Fsp3) is 0.615. The number of carbonyl (C=O) groups is 2. The molecule has 6 nitrogen and oxygen atoms in total. The molecule has 0 aliphatic carbocycles. The predicted molar refractivity (Wildman–Crippen MR) is 70.3 cm³/mol. The van der Waals surface area contributed by atoms with E-state index in [0.717, 1.165) is 5.69 Å². The van der Waals surface area contributed by atoms with Gasteiger partial charge in [0.2, 0.25) is 5.91 Å². The lowest BCUT2D eigenvalue weighted by Crippen LogP contribution is -2.39. The first kappa shape index (κ1) is 15.2. The van der Waals surface area contributed by atoms with Crippen molar-refractivity contribution >= 4 is 11.9 Å². The Morgan fingerprint density at radius 3 is 2.58 bits per heavy atom. The molecule has 19 heavy (non-hydrogen) atoms. The molecule has 2 N–H and O–H groups in total. The molecule has 1 aromatic heterocycles. The smallest absolute Gasteiger partial charge is 0.310 e. The Labute approximate surface area is 112 Å². The highest BCUT2D eigenvalue weighted by Crippen LogP contribution is 2.31. The highest BCUT2D eigenvalue weighted by molar-refractivity contribution is 5.84. The Hall–Kier alpha value is -1.85. The Kier molecular flexibility index (Phi) is 4.69. The summed E-state index contributed by atoms with van der Waals surface area (Å²) in [6.07, 6.45) is 1.62. The third kappa shape index (κ3) is 3.56. The van der Waals surface area contributed by atoms with E-state index >= 15 is 0 Å². The Morgan fingerprint density at radius 1 is 1.53 bits per heavy atom. The van der Waals surface area contributed by atoms with Gasteiger partial charge >= 0.3 is 5.97 Å². The molecule has 0 aliphatic rings. The summed E-state index contributed by atoms with van der Waals surface area (Å²) >= 11 is 0. The average Bonchev–Trinajstić information content (AvgIpc) is 2.71. The predicted octanol–water partition coefficient (Wildman–Crippen LogP) is 1.17. The Morgan fingerprint density at radius 2 is 2.16 bits per heavy atom. The molecule has 1 heterocycles. The van der Waals surface area contributed by atoms with Gasteiger partial charge in [-0.05, 0) is 18.9 Å². The van der Waals surface area contributed by atoms with Gasteiger partial charge in [-0.25, -0.2) is 0 Å². The first-order valence-electron chi connectivity index (χ1n) is 6.24. The van der Waals surface area contributed by atoms with E-state index in [9.17, 15) is 14.7 Å². The zero-order chi connectivity index (χ0) is 14.6. The molecule has 0 saturated carbocycles. The van der Waals surface area contributed by atoms with Crippen LogP contribution in [0, 0.1) is 11.3 Å². The third-order valence-electron chi connectivity index (χ3n) is 3.68. The summed E-state index contributed by atoms with van der Waals surface area (Å²) in [5.41, 5.74) is -0.175. The lowest BCUT2D eigenvalue weighted by atomic mass is 9.76. The van der Waals surface area contributed by atoms with Gasteiger partial charge in [0.1, 0.15) is 0 Å². The monoisotopic (exact) mass is 267 g/mol. The normalized spacial score (nSPS) is 14.2. The van der Waals surface area contributed by atoms with Gasteiger partial charge in [0.25, 0.3) is 0 Å². The molecule has 106 valence electrons. The summed E-state index contributed by atoms with van der Waals surface area (Å²) in [5, 5.41) is 16.0. The maximum Gasteiger partial charge on any atom is 0.310 e. The van der Waals surface area contributed by atoms with Crippen LogP contribution in [-0.4, -0.2) is 26.8 Å². The van der Waals surface area contributed by atoms with Gasteiger partial charge in [0.05, 0.1) is 17.7 Å². The van der Waals surface area contributed by atoms with E-state index in [1.54, 1.807) is 30.9 Å². The topological polar surface area (TPSA) is 84.2 Å². The van der Waals surface area contributed by atoms with Crippen LogP contribution in [0.4, 0.5) is 0 Å². The van der Waals surface area contributed by atoms with Gasteiger partial charge in [0, 0.05) is 19.7 Å². The SMILES string of the molecule is CC(C)C(C)(CC(=O)NCc1ccnn1C)C(=O)O. The average molecular weight is 267 g/mol. The minimum atomic E-state index is -1.05. The minimum absolute atomic E-state index is 0.0299. The van der Waals surface area contributed by atoms with Crippen LogP contribution in [0.2, 0.25) is 0 Å². The van der Waals surface area contributed by atoms with Crippen molar-refractivity contribution in [3.05, 3.63) is 18.0 Å². The summed E-state index contributed by atoms with van der Waals surface area (Å²) in [6, 6.07) is 1.80. The lowest BCUT2D eigenvalue weighted by molar-refractivity contribution is -0.153. The number of amides is 1. The lowest BCUT2D eigenvalue weighted by Gasteiger charge is -2.28. The summed E-state index contributed by atoms with van der Waals surface area (Å²) in [5.74, 6) is -1.33. The molecule has 0 aromatic carbocycles. The number of rotatable bonds is 6. The van der Waals surface area contributed by atoms with Crippen LogP contribution in [0.3, 0.4) is 0 Å². The molecule has 0 saturated heterocycles. The number of aryl methyl sites for hydroxylation is 1. The van der Waals surface area contributed by atoms with Crippen molar-refractivity contribution in [2.45, 2.75) is 33.7 Å². The van der Waals surface area contributed by atoms with E-state index in [2.05, 4.69) is 10.4 Å². The van der Waals surface area contributed by atoms with E-state index in [1.165, 1.54) is 0 Å². The number of carbonyl (C=O) groups excluding carboxylic acids is 1. The summed E-state index contributed by atoms with van der Waals surface area (Å²) in [6.45, 7) is 5.57. The van der Waals surface area contributed by atoms with E-state index in [1.807, 2.05) is 13.8 Å². The maximum atomic E-state index is 11.9. The Bertz CT molecular complexity index is 467. The second-order valence-electron chi connectivity index (χ2n) is 5.28. The number of aliphatic carboxylic acids is 1. The van der Waals surface area contributed by atoms with E-state index in [4.69, 9.17) is 0 Å². The van der Waals surface area contributed by atoms with Crippen LogP contribution < -0.4 is 5.32 Å². The number of hydrogen-bond acceptors (Lipinski definition) is 3. The first-order chi connectivity index (χ1) is 8.77. The van der Waals surface area contributed by atoms with Crippen LogP contribution in [0.5, 0.6) is 0 Å². The zero-order valence-corrected chi connectivity index (χ0v) is 11.8. The molecular formula is C13H21N3O3. The first-order valence-corrected chi connectivity index (χ1v) is 6.24. The van der Waals surface area contributed by atoms with Crippen molar-refractivity contribution < 1.29 is 14.7 Å². The van der Waals surface area contributed by atoms with Crippen molar-refractivity contribution in [2.24, 2.45) is 18.4 Å². The fourth-order valence-electron chi connectivity index (χ4n) is 1.69. The van der Waals surface area contributed by atoms with Crippen molar-refractivity contribution in [3.8, 4) is 0 Å². The summed E-state index contributed by atoms with van der Waals surface area (Å²) < 4.78 is 1.67. The van der Waals surface area contributed by atoms with Crippen LogP contribution in [0.15, 0.2) is 12.3 Å². The van der Waals surface area contributed by atoms with Gasteiger partial charge in [-0.3, -0.25) is 14.3 Å². The molecule has 1 atom stereocenters. The van der Waals surface area contributed by atoms with Crippen molar-refractivity contribution in [1.29, 1.82) is 0 Å². The summed E-state index contributed by atoms with van der Waals surface area (Å²) in [4.78, 5) is 23.2. The highest BCUT2D eigenvalue weighted by Gasteiger charge is 2.38. The minimum Gasteiger partial charge on any atom is -0.481 e. The fourth-order valence-corrected chi connectivity index (χ4v) is 1.69. The molecule has 1 unspecified atom stereocenters. The number of aromatic nitrogens is 2. The highest BCUT2D eigenvalue weighted by atomic mass is 16.4. The third-order valence-corrected chi connectivity index (χ3v) is 3.68. The largest absolute Gasteiger partial charge is 0.481 e. The number of carboxylic acid groups (broad SMARTS) is 1. The van der Waals surface area contributed by atoms with Gasteiger partial charge in [0.15, 0.2) is 0 Å². The molecule has 1 aromatic rings. The van der Waals surface area contributed by atoms with Crippen molar-refractivity contribution in [2.75, 3.05) is 0 Å². The van der Waals surface area contributed by atoms with Gasteiger partial charge in [-0.2, -0.15) is 5.10 Å². The molecular weight excluding hydrogens is 246 g/mol. The number of hydrogen-bond donors (Lipinski definition) is 2. The van der Waals surface area contributed by atoms with Crippen molar-refractivity contribution in [1.82, 2.24) is 15.1 Å². The van der Waals surface area contributed by atoms with Crippen LogP contribution in [0.1, 0.15) is 32.9 Å².